The average Bonchev–Trinajstić information content (AvgIpc) is 3.32. The van der Waals surface area contributed by atoms with Gasteiger partial charge in [-0.05, 0) is 37.1 Å². The Morgan fingerprint density at radius 3 is 2.66 bits per heavy atom. The van der Waals surface area contributed by atoms with E-state index in [2.05, 4.69) is 15.2 Å². The van der Waals surface area contributed by atoms with Crippen LogP contribution in [0.5, 0.6) is 0 Å². The van der Waals surface area contributed by atoms with Gasteiger partial charge in [0.25, 0.3) is 0 Å². The number of carbonyl (C=O) groups is 3. The fourth-order valence-electron chi connectivity index (χ4n) is 4.34. The summed E-state index contributed by atoms with van der Waals surface area (Å²) >= 11 is 0. The summed E-state index contributed by atoms with van der Waals surface area (Å²) in [5.41, 5.74) is 3.99. The number of esters is 1. The lowest BCUT2D eigenvalue weighted by Gasteiger charge is -2.32. The van der Waals surface area contributed by atoms with Gasteiger partial charge in [-0.1, -0.05) is 42.5 Å². The lowest BCUT2D eigenvalue weighted by molar-refractivity contribution is -0.136. The molecule has 1 aromatic heterocycles. The zero-order valence-electron chi connectivity index (χ0n) is 20.0. The lowest BCUT2D eigenvalue weighted by atomic mass is 9.86. The van der Waals surface area contributed by atoms with E-state index in [1.807, 2.05) is 72.4 Å². The highest BCUT2D eigenvalue weighted by molar-refractivity contribution is 5.98. The van der Waals surface area contributed by atoms with Crippen LogP contribution in [0.2, 0.25) is 0 Å². The molecule has 8 heteroatoms. The number of rotatable bonds is 7. The average molecular weight is 473 g/mol. The highest BCUT2D eigenvalue weighted by atomic mass is 16.5. The standard InChI is InChI=1S/C27H28N4O4/c1-4-30-25(33)15-22(23-17-29-31(26(23)30)21-11-6-5-7-12-21)20-10-8-9-19(14-20)16-28-24(32)13-18(2)27(34)35-3/h5-14,17,22H,4,15-16H2,1-3H3,(H,28,32)/b18-13+/t22-/m0/s1. The molecule has 0 saturated carbocycles. The number of anilines is 1. The monoisotopic (exact) mass is 472 g/mol. The number of fused-ring (bicyclic) bond motifs is 1. The fraction of sp³-hybridized carbons (Fsp3) is 0.259. The normalized spacial score (nSPS) is 15.5. The molecule has 0 bridgehead atoms. The highest BCUT2D eigenvalue weighted by Gasteiger charge is 2.35. The summed E-state index contributed by atoms with van der Waals surface area (Å²) in [6, 6.07) is 17.6. The maximum Gasteiger partial charge on any atom is 0.333 e. The molecule has 8 nitrogen and oxygen atoms in total. The van der Waals surface area contributed by atoms with Crippen molar-refractivity contribution in [2.75, 3.05) is 18.6 Å². The van der Waals surface area contributed by atoms with Crippen LogP contribution in [0.4, 0.5) is 5.82 Å². The first-order valence-corrected chi connectivity index (χ1v) is 11.5. The molecular formula is C27H28N4O4. The van der Waals surface area contributed by atoms with E-state index in [0.29, 0.717) is 13.0 Å². The Kier molecular flexibility index (Phi) is 7.10. The second kappa shape index (κ2) is 10.4. The Morgan fingerprint density at radius 2 is 1.94 bits per heavy atom. The van der Waals surface area contributed by atoms with Crippen LogP contribution in [-0.4, -0.2) is 41.2 Å². The van der Waals surface area contributed by atoms with Crippen molar-refractivity contribution in [3.05, 3.63) is 89.1 Å². The summed E-state index contributed by atoms with van der Waals surface area (Å²) in [5, 5.41) is 7.42. The molecule has 2 amide bonds. The predicted octanol–water partition coefficient (Wildman–Crippen LogP) is 3.50. The van der Waals surface area contributed by atoms with Crippen molar-refractivity contribution in [1.29, 1.82) is 0 Å². The van der Waals surface area contributed by atoms with Crippen LogP contribution >= 0.6 is 0 Å². The Balaban J connectivity index is 1.60. The molecule has 0 aliphatic carbocycles. The van der Waals surface area contributed by atoms with Crippen molar-refractivity contribution in [1.82, 2.24) is 15.1 Å². The van der Waals surface area contributed by atoms with Gasteiger partial charge in [0.1, 0.15) is 5.82 Å². The lowest BCUT2D eigenvalue weighted by Crippen LogP contribution is -2.37. The third-order valence-corrected chi connectivity index (χ3v) is 6.07. The molecule has 35 heavy (non-hydrogen) atoms. The maximum atomic E-state index is 13.1. The quantitative estimate of drug-likeness (QED) is 0.420. The third-order valence-electron chi connectivity index (χ3n) is 6.07. The number of nitrogens with one attached hydrogen (secondary N) is 1. The Morgan fingerprint density at radius 1 is 1.17 bits per heavy atom. The van der Waals surface area contributed by atoms with E-state index >= 15 is 0 Å². The van der Waals surface area contributed by atoms with E-state index in [1.165, 1.54) is 20.1 Å². The van der Waals surface area contributed by atoms with Crippen LogP contribution in [0.15, 0.2) is 72.4 Å². The molecule has 0 spiro atoms. The third kappa shape index (κ3) is 5.01. The second-order valence-corrected chi connectivity index (χ2v) is 8.35. The molecule has 4 rings (SSSR count). The molecule has 1 N–H and O–H groups in total. The summed E-state index contributed by atoms with van der Waals surface area (Å²) in [6.07, 6.45) is 3.41. The van der Waals surface area contributed by atoms with Gasteiger partial charge in [0.15, 0.2) is 0 Å². The summed E-state index contributed by atoms with van der Waals surface area (Å²) in [7, 11) is 1.27. The Bertz CT molecular complexity index is 1280. The summed E-state index contributed by atoms with van der Waals surface area (Å²) in [6.45, 7) is 4.33. The van der Waals surface area contributed by atoms with Crippen LogP contribution in [0.1, 0.15) is 42.9 Å². The van der Waals surface area contributed by atoms with E-state index in [9.17, 15) is 14.4 Å². The molecule has 3 aromatic rings. The number of hydrogen-bond donors (Lipinski definition) is 1. The van der Waals surface area contributed by atoms with Gasteiger partial charge in [-0.2, -0.15) is 5.10 Å². The van der Waals surface area contributed by atoms with Crippen LogP contribution in [0.3, 0.4) is 0 Å². The number of nitrogens with zero attached hydrogens (tertiary/aromatic N) is 3. The van der Waals surface area contributed by atoms with Gasteiger partial charge in [0, 0.05) is 42.6 Å². The van der Waals surface area contributed by atoms with Crippen molar-refractivity contribution in [3.8, 4) is 5.69 Å². The zero-order chi connectivity index (χ0) is 24.9. The number of benzene rings is 2. The van der Waals surface area contributed by atoms with Gasteiger partial charge in [-0.25, -0.2) is 9.48 Å². The molecule has 1 aliphatic heterocycles. The minimum atomic E-state index is -0.544. The largest absolute Gasteiger partial charge is 0.466 e. The molecule has 1 aliphatic rings. The Hall–Kier alpha value is -4.20. The number of hydrogen-bond acceptors (Lipinski definition) is 5. The first kappa shape index (κ1) is 23.9. The molecule has 2 heterocycles. The van der Waals surface area contributed by atoms with Gasteiger partial charge in [0.2, 0.25) is 11.8 Å². The fourth-order valence-corrected chi connectivity index (χ4v) is 4.34. The van der Waals surface area contributed by atoms with Gasteiger partial charge in [0.05, 0.1) is 19.0 Å². The topological polar surface area (TPSA) is 93.5 Å². The minimum absolute atomic E-state index is 0.0461. The van der Waals surface area contributed by atoms with Crippen molar-refractivity contribution in [3.63, 3.8) is 0 Å². The SMILES string of the molecule is CCN1C(=O)C[C@@H](c2cccc(CNC(=O)/C=C(\C)C(=O)OC)c2)c2cnn(-c3ccccc3)c21. The first-order valence-electron chi connectivity index (χ1n) is 11.5. The maximum absolute atomic E-state index is 13.1. The molecule has 0 unspecified atom stereocenters. The number of methoxy groups -OCH3 is 1. The Labute approximate surface area is 204 Å². The number of para-hydroxylation sites is 1. The molecule has 2 aromatic carbocycles. The van der Waals surface area contributed by atoms with Crippen molar-refractivity contribution in [2.24, 2.45) is 0 Å². The molecule has 0 fully saturated rings. The van der Waals surface area contributed by atoms with Crippen LogP contribution in [0.25, 0.3) is 5.69 Å². The highest BCUT2D eigenvalue weighted by Crippen LogP contribution is 2.41. The van der Waals surface area contributed by atoms with Gasteiger partial charge in [-0.3, -0.25) is 14.5 Å². The van der Waals surface area contributed by atoms with Crippen LogP contribution in [0, 0.1) is 0 Å². The zero-order valence-corrected chi connectivity index (χ0v) is 20.0. The number of ether oxygens (including phenoxy) is 1. The van der Waals surface area contributed by atoms with Crippen LogP contribution in [-0.2, 0) is 25.7 Å². The van der Waals surface area contributed by atoms with Gasteiger partial charge < -0.3 is 10.1 Å². The van der Waals surface area contributed by atoms with E-state index < -0.39 is 5.97 Å². The molecule has 1 atom stereocenters. The first-order chi connectivity index (χ1) is 16.9. The second-order valence-electron chi connectivity index (χ2n) is 8.35. The smallest absolute Gasteiger partial charge is 0.333 e. The van der Waals surface area contributed by atoms with E-state index in [-0.39, 0.29) is 29.9 Å². The number of carbonyl (C=O) groups excluding carboxylic acids is 3. The van der Waals surface area contributed by atoms with Crippen molar-refractivity contribution in [2.45, 2.75) is 32.7 Å². The molecular weight excluding hydrogens is 444 g/mol. The van der Waals surface area contributed by atoms with E-state index in [0.717, 1.165) is 28.2 Å². The van der Waals surface area contributed by atoms with Crippen LogP contribution < -0.4 is 10.2 Å². The molecule has 0 radical (unpaired) electrons. The van der Waals surface area contributed by atoms with Crippen molar-refractivity contribution >= 4 is 23.6 Å². The number of aromatic nitrogens is 2. The van der Waals surface area contributed by atoms with Gasteiger partial charge in [-0.15, -0.1) is 0 Å². The summed E-state index contributed by atoms with van der Waals surface area (Å²) < 4.78 is 6.44. The number of amides is 2. The summed E-state index contributed by atoms with van der Waals surface area (Å²) in [4.78, 5) is 38.6. The molecule has 180 valence electrons. The van der Waals surface area contributed by atoms with E-state index in [1.54, 1.807) is 4.90 Å². The van der Waals surface area contributed by atoms with Gasteiger partial charge >= 0.3 is 5.97 Å². The minimum Gasteiger partial charge on any atom is -0.466 e. The van der Waals surface area contributed by atoms with E-state index in [4.69, 9.17) is 0 Å². The predicted molar refractivity (Wildman–Crippen MR) is 132 cm³/mol. The van der Waals surface area contributed by atoms with Crippen molar-refractivity contribution < 1.29 is 19.1 Å². The summed E-state index contributed by atoms with van der Waals surface area (Å²) in [5.74, 6) is -0.227. The molecule has 0 saturated heterocycles.